The third-order valence-corrected chi connectivity index (χ3v) is 6.89. The molecule has 1 amide bonds. The van der Waals surface area contributed by atoms with Gasteiger partial charge in [0.15, 0.2) is 5.16 Å². The summed E-state index contributed by atoms with van der Waals surface area (Å²) in [7, 11) is 0. The standard InChI is InChI=1S/C29H26N4O2S/c1-19-11-13-21(14-12-19)16-30-25(34)18-36-29-32-26-24(22-8-4-3-5-9-22)17-31-27(26)28(35)33(29)23-10-6-7-20(2)15-23/h3-15,17,31H,16,18H2,1-2H3,(H,30,34). The van der Waals surface area contributed by atoms with E-state index in [1.807, 2.05) is 98.9 Å². The summed E-state index contributed by atoms with van der Waals surface area (Å²) < 4.78 is 1.58. The number of hydrogen-bond acceptors (Lipinski definition) is 4. The number of nitrogens with zero attached hydrogens (tertiary/aromatic N) is 2. The van der Waals surface area contributed by atoms with Crippen LogP contribution in [0.15, 0.2) is 95.0 Å². The third kappa shape index (κ3) is 4.97. The number of benzene rings is 3. The monoisotopic (exact) mass is 494 g/mol. The quantitative estimate of drug-likeness (QED) is 0.234. The predicted octanol–water partition coefficient (Wildman–Crippen LogP) is 5.41. The zero-order chi connectivity index (χ0) is 25.1. The molecule has 5 rings (SSSR count). The molecule has 0 atom stereocenters. The summed E-state index contributed by atoms with van der Waals surface area (Å²) >= 11 is 1.26. The van der Waals surface area contributed by atoms with E-state index in [0.29, 0.717) is 28.4 Å². The van der Waals surface area contributed by atoms with Gasteiger partial charge < -0.3 is 10.3 Å². The van der Waals surface area contributed by atoms with Crippen LogP contribution in [0, 0.1) is 13.8 Å². The Bertz CT molecular complexity index is 1590. The lowest BCUT2D eigenvalue weighted by molar-refractivity contribution is -0.118. The van der Waals surface area contributed by atoms with Crippen LogP contribution in [-0.4, -0.2) is 26.2 Å². The van der Waals surface area contributed by atoms with Gasteiger partial charge in [-0.25, -0.2) is 4.98 Å². The Hall–Kier alpha value is -4.10. The normalized spacial score (nSPS) is 11.1. The van der Waals surface area contributed by atoms with Crippen molar-refractivity contribution >= 4 is 28.7 Å². The van der Waals surface area contributed by atoms with E-state index in [2.05, 4.69) is 10.3 Å². The number of carbonyl (C=O) groups excluding carboxylic acids is 1. The van der Waals surface area contributed by atoms with Crippen LogP contribution < -0.4 is 10.9 Å². The first-order valence-corrected chi connectivity index (χ1v) is 12.7. The van der Waals surface area contributed by atoms with Crippen molar-refractivity contribution in [2.75, 3.05) is 5.75 Å². The van der Waals surface area contributed by atoms with Crippen LogP contribution in [0.3, 0.4) is 0 Å². The number of nitrogens with one attached hydrogen (secondary N) is 2. The van der Waals surface area contributed by atoms with Crippen molar-refractivity contribution in [3.05, 3.63) is 112 Å². The number of amides is 1. The summed E-state index contributed by atoms with van der Waals surface area (Å²) in [5.41, 5.74) is 6.61. The maximum atomic E-state index is 13.7. The van der Waals surface area contributed by atoms with Gasteiger partial charge in [-0.15, -0.1) is 0 Å². The molecule has 0 unspecified atom stereocenters. The Labute approximate surface area is 213 Å². The van der Waals surface area contributed by atoms with Gasteiger partial charge in [0, 0.05) is 18.3 Å². The first-order chi connectivity index (χ1) is 17.5. The molecule has 0 saturated carbocycles. The number of fused-ring (bicyclic) bond motifs is 1. The van der Waals surface area contributed by atoms with Gasteiger partial charge in [0.25, 0.3) is 5.56 Å². The van der Waals surface area contributed by atoms with Crippen molar-refractivity contribution in [3.63, 3.8) is 0 Å². The van der Waals surface area contributed by atoms with E-state index in [1.54, 1.807) is 4.57 Å². The zero-order valence-electron chi connectivity index (χ0n) is 20.1. The van der Waals surface area contributed by atoms with E-state index in [9.17, 15) is 9.59 Å². The fraction of sp³-hybridized carbons (Fsp3) is 0.138. The summed E-state index contributed by atoms with van der Waals surface area (Å²) in [4.78, 5) is 34.4. The number of aryl methyl sites for hydroxylation is 2. The van der Waals surface area contributed by atoms with Crippen molar-refractivity contribution < 1.29 is 4.79 Å². The largest absolute Gasteiger partial charge is 0.355 e. The number of rotatable bonds is 7. The van der Waals surface area contributed by atoms with Crippen LogP contribution in [0.1, 0.15) is 16.7 Å². The smallest absolute Gasteiger partial charge is 0.283 e. The maximum Gasteiger partial charge on any atom is 0.283 e. The van der Waals surface area contributed by atoms with E-state index < -0.39 is 0 Å². The number of H-pyrrole nitrogens is 1. The molecule has 6 nitrogen and oxygen atoms in total. The van der Waals surface area contributed by atoms with Gasteiger partial charge in [-0.1, -0.05) is 84.1 Å². The summed E-state index contributed by atoms with van der Waals surface area (Å²) in [6, 6.07) is 25.6. The molecule has 2 heterocycles. The van der Waals surface area contributed by atoms with Crippen molar-refractivity contribution in [1.29, 1.82) is 0 Å². The number of carbonyl (C=O) groups is 1. The summed E-state index contributed by atoms with van der Waals surface area (Å²) in [5.74, 6) is 0.0174. The molecule has 0 aliphatic carbocycles. The van der Waals surface area contributed by atoms with Crippen molar-refractivity contribution in [3.8, 4) is 16.8 Å². The van der Waals surface area contributed by atoms with Gasteiger partial charge >= 0.3 is 0 Å². The second kappa shape index (κ2) is 10.3. The number of aromatic amines is 1. The Morgan fingerprint density at radius 1 is 0.972 bits per heavy atom. The van der Waals surface area contributed by atoms with Gasteiger partial charge in [0.05, 0.1) is 11.4 Å². The fourth-order valence-electron chi connectivity index (χ4n) is 4.06. The summed E-state index contributed by atoms with van der Waals surface area (Å²) in [6.07, 6.45) is 1.82. The molecule has 7 heteroatoms. The molecular weight excluding hydrogens is 468 g/mol. The molecule has 0 bridgehead atoms. The minimum Gasteiger partial charge on any atom is -0.355 e. The molecule has 36 heavy (non-hydrogen) atoms. The van der Waals surface area contributed by atoms with Crippen LogP contribution in [0.25, 0.3) is 27.8 Å². The van der Waals surface area contributed by atoms with Gasteiger partial charge in [0.1, 0.15) is 11.0 Å². The van der Waals surface area contributed by atoms with E-state index in [0.717, 1.165) is 22.3 Å². The molecule has 0 saturated heterocycles. The second-order valence-corrected chi connectivity index (χ2v) is 9.66. The van der Waals surface area contributed by atoms with E-state index in [4.69, 9.17) is 4.98 Å². The Balaban J connectivity index is 1.49. The topological polar surface area (TPSA) is 79.8 Å². The van der Waals surface area contributed by atoms with E-state index >= 15 is 0 Å². The highest BCUT2D eigenvalue weighted by Crippen LogP contribution is 2.29. The average Bonchev–Trinajstić information content (AvgIpc) is 3.32. The van der Waals surface area contributed by atoms with Crippen LogP contribution in [0.4, 0.5) is 0 Å². The molecule has 180 valence electrons. The summed E-state index contributed by atoms with van der Waals surface area (Å²) in [5, 5.41) is 3.43. The Morgan fingerprint density at radius 2 is 1.75 bits per heavy atom. The van der Waals surface area contributed by atoms with Crippen LogP contribution in [-0.2, 0) is 11.3 Å². The van der Waals surface area contributed by atoms with Gasteiger partial charge in [-0.05, 0) is 42.7 Å². The lowest BCUT2D eigenvalue weighted by atomic mass is 10.1. The van der Waals surface area contributed by atoms with Gasteiger partial charge in [0.2, 0.25) is 5.91 Å². The lowest BCUT2D eigenvalue weighted by Crippen LogP contribution is -2.26. The predicted molar refractivity (Wildman–Crippen MR) is 146 cm³/mol. The molecule has 3 aromatic carbocycles. The molecule has 0 spiro atoms. The molecule has 0 fully saturated rings. The number of thioether (sulfide) groups is 1. The molecule has 2 N–H and O–H groups in total. The van der Waals surface area contributed by atoms with E-state index in [1.165, 1.54) is 17.3 Å². The lowest BCUT2D eigenvalue weighted by Gasteiger charge is -2.13. The van der Waals surface area contributed by atoms with Gasteiger partial charge in [-0.3, -0.25) is 14.2 Å². The van der Waals surface area contributed by atoms with Crippen molar-refractivity contribution in [1.82, 2.24) is 19.9 Å². The van der Waals surface area contributed by atoms with Crippen LogP contribution in [0.5, 0.6) is 0 Å². The molecular formula is C29H26N4O2S. The first-order valence-electron chi connectivity index (χ1n) is 11.7. The first kappa shape index (κ1) is 23.6. The highest BCUT2D eigenvalue weighted by atomic mass is 32.2. The van der Waals surface area contributed by atoms with Gasteiger partial charge in [-0.2, -0.15) is 0 Å². The SMILES string of the molecule is Cc1ccc(CNC(=O)CSc2nc3c(-c4ccccc4)c[nH]c3c(=O)n2-c2cccc(C)c2)cc1. The highest BCUT2D eigenvalue weighted by molar-refractivity contribution is 7.99. The number of hydrogen-bond donors (Lipinski definition) is 2. The van der Waals surface area contributed by atoms with Crippen molar-refractivity contribution in [2.24, 2.45) is 0 Å². The van der Waals surface area contributed by atoms with Crippen LogP contribution in [0.2, 0.25) is 0 Å². The minimum absolute atomic E-state index is 0.122. The van der Waals surface area contributed by atoms with E-state index in [-0.39, 0.29) is 17.2 Å². The minimum atomic E-state index is -0.199. The average molecular weight is 495 g/mol. The zero-order valence-corrected chi connectivity index (χ0v) is 20.9. The third-order valence-electron chi connectivity index (χ3n) is 5.96. The molecule has 0 aliphatic heterocycles. The summed E-state index contributed by atoms with van der Waals surface area (Å²) in [6.45, 7) is 4.46. The second-order valence-electron chi connectivity index (χ2n) is 8.72. The molecule has 0 aliphatic rings. The van der Waals surface area contributed by atoms with Crippen LogP contribution >= 0.6 is 11.8 Å². The highest BCUT2D eigenvalue weighted by Gasteiger charge is 2.19. The maximum absolute atomic E-state index is 13.7. The Kier molecular flexibility index (Phi) is 6.73. The molecule has 0 radical (unpaired) electrons. The number of aromatic nitrogens is 3. The van der Waals surface area contributed by atoms with Crippen molar-refractivity contribution in [2.45, 2.75) is 25.5 Å². The fourth-order valence-corrected chi connectivity index (χ4v) is 4.89. The molecule has 5 aromatic rings. The Morgan fingerprint density at radius 3 is 2.50 bits per heavy atom. The molecule has 2 aromatic heterocycles.